The average molecular weight is 490 g/mol. The van der Waals surface area contributed by atoms with Gasteiger partial charge in [-0.3, -0.25) is 9.59 Å². The smallest absolute Gasteiger partial charge is 0.252 e. The molecule has 30 heavy (non-hydrogen) atoms. The topological polar surface area (TPSA) is 86.8 Å². The van der Waals surface area contributed by atoms with Crippen LogP contribution >= 0.6 is 34.5 Å². The van der Waals surface area contributed by atoms with E-state index in [2.05, 4.69) is 5.32 Å². The van der Waals surface area contributed by atoms with Gasteiger partial charge in [0.1, 0.15) is 4.21 Å². The van der Waals surface area contributed by atoms with Crippen molar-refractivity contribution in [2.24, 2.45) is 5.92 Å². The van der Waals surface area contributed by atoms with Crippen LogP contribution in [-0.2, 0) is 19.6 Å². The summed E-state index contributed by atoms with van der Waals surface area (Å²) in [4.78, 5) is 26.4. The lowest BCUT2D eigenvalue weighted by molar-refractivity contribution is -0.138. The number of halogens is 2. The van der Waals surface area contributed by atoms with Crippen LogP contribution < -0.4 is 5.32 Å². The van der Waals surface area contributed by atoms with Crippen LogP contribution in [0.3, 0.4) is 0 Å². The van der Waals surface area contributed by atoms with Crippen molar-refractivity contribution in [3.63, 3.8) is 0 Å². The molecule has 1 saturated heterocycles. The first-order valence-corrected chi connectivity index (χ1v) is 12.3. The van der Waals surface area contributed by atoms with Gasteiger partial charge in [-0.05, 0) is 42.5 Å². The van der Waals surface area contributed by atoms with Crippen molar-refractivity contribution in [1.82, 2.24) is 9.21 Å². The summed E-state index contributed by atoms with van der Waals surface area (Å²) in [6.45, 7) is 0.330. The van der Waals surface area contributed by atoms with Crippen LogP contribution in [0, 0.1) is 5.92 Å². The van der Waals surface area contributed by atoms with Gasteiger partial charge in [-0.25, -0.2) is 8.42 Å². The fraction of sp³-hybridized carbons (Fsp3) is 0.368. The quantitative estimate of drug-likeness (QED) is 0.671. The minimum atomic E-state index is -3.60. The van der Waals surface area contributed by atoms with Crippen LogP contribution in [-0.4, -0.2) is 56.1 Å². The lowest BCUT2D eigenvalue weighted by Gasteiger charge is -2.32. The second-order valence-corrected chi connectivity index (χ2v) is 10.9. The number of nitrogens with one attached hydrogen (secondary N) is 1. The zero-order valence-electron chi connectivity index (χ0n) is 16.2. The number of amides is 2. The summed E-state index contributed by atoms with van der Waals surface area (Å²) in [5.74, 6) is -1.13. The highest BCUT2D eigenvalue weighted by Crippen LogP contribution is 2.27. The van der Waals surface area contributed by atoms with Crippen molar-refractivity contribution < 1.29 is 18.0 Å². The molecule has 3 rings (SSSR count). The van der Waals surface area contributed by atoms with Gasteiger partial charge in [0.2, 0.25) is 11.8 Å². The van der Waals surface area contributed by atoms with Crippen LogP contribution in [0.25, 0.3) is 0 Å². The number of carbonyl (C=O) groups excluding carboxylic acids is 2. The number of hydrogen-bond donors (Lipinski definition) is 1. The highest BCUT2D eigenvalue weighted by Gasteiger charge is 2.35. The standard InChI is InChI=1S/C19H21Cl2N3O4S2/c1-23(12-17(25)22-14-6-7-15(20)16(21)10-14)19(26)13-4-2-8-24(11-13)30(27,28)18-5-3-9-29-18/h3,5-7,9-10,13H,2,4,8,11-12H2,1H3,(H,22,25). The molecule has 0 aliphatic carbocycles. The van der Waals surface area contributed by atoms with E-state index in [0.717, 1.165) is 11.3 Å². The Morgan fingerprint density at radius 1 is 1.27 bits per heavy atom. The third-order valence-electron chi connectivity index (χ3n) is 4.78. The second-order valence-electron chi connectivity index (χ2n) is 7.01. The molecule has 1 aromatic carbocycles. The van der Waals surface area contributed by atoms with Gasteiger partial charge in [-0.1, -0.05) is 29.3 Å². The monoisotopic (exact) mass is 489 g/mol. The van der Waals surface area contributed by atoms with Gasteiger partial charge in [-0.2, -0.15) is 4.31 Å². The Kier molecular flexibility index (Phi) is 7.41. The van der Waals surface area contributed by atoms with Crippen LogP contribution in [0.2, 0.25) is 10.0 Å². The van der Waals surface area contributed by atoms with E-state index in [4.69, 9.17) is 23.2 Å². The number of hydrogen-bond acceptors (Lipinski definition) is 5. The highest BCUT2D eigenvalue weighted by atomic mass is 35.5. The molecule has 1 aliphatic rings. The molecule has 11 heteroatoms. The summed E-state index contributed by atoms with van der Waals surface area (Å²) >= 11 is 13.0. The predicted octanol–water partition coefficient (Wildman–Crippen LogP) is 3.55. The van der Waals surface area contributed by atoms with Crippen molar-refractivity contribution in [3.8, 4) is 0 Å². The van der Waals surface area contributed by atoms with E-state index in [1.807, 2.05) is 0 Å². The fourth-order valence-electron chi connectivity index (χ4n) is 3.28. The Bertz CT molecular complexity index is 1030. The minimum Gasteiger partial charge on any atom is -0.336 e. The van der Waals surface area contributed by atoms with E-state index in [1.54, 1.807) is 29.6 Å². The Balaban J connectivity index is 1.59. The number of carbonyl (C=O) groups is 2. The first kappa shape index (κ1) is 23.0. The zero-order valence-corrected chi connectivity index (χ0v) is 19.3. The molecule has 2 amide bonds. The molecule has 1 unspecified atom stereocenters. The lowest BCUT2D eigenvalue weighted by Crippen LogP contribution is -2.47. The van der Waals surface area contributed by atoms with Gasteiger partial charge in [0.05, 0.1) is 22.5 Å². The van der Waals surface area contributed by atoms with Crippen molar-refractivity contribution in [2.75, 3.05) is 32.0 Å². The largest absolute Gasteiger partial charge is 0.336 e. The van der Waals surface area contributed by atoms with E-state index in [0.29, 0.717) is 35.1 Å². The summed E-state index contributed by atoms with van der Waals surface area (Å²) in [5, 5.41) is 5.07. The number of rotatable bonds is 6. The molecular formula is C19H21Cl2N3O4S2. The molecule has 2 aromatic rings. The third kappa shape index (κ3) is 5.33. The molecule has 1 atom stereocenters. The number of thiophene rings is 1. The predicted molar refractivity (Wildman–Crippen MR) is 119 cm³/mol. The third-order valence-corrected chi connectivity index (χ3v) is 8.76. The first-order valence-electron chi connectivity index (χ1n) is 9.22. The van der Waals surface area contributed by atoms with Gasteiger partial charge in [-0.15, -0.1) is 11.3 Å². The second kappa shape index (κ2) is 9.65. The maximum Gasteiger partial charge on any atom is 0.252 e. The van der Waals surface area contributed by atoms with E-state index < -0.39 is 15.9 Å². The Morgan fingerprint density at radius 3 is 2.70 bits per heavy atom. The number of piperidine rings is 1. The van der Waals surface area contributed by atoms with Gasteiger partial charge < -0.3 is 10.2 Å². The van der Waals surface area contributed by atoms with Gasteiger partial charge in [0.15, 0.2) is 0 Å². The number of anilines is 1. The molecule has 1 fully saturated rings. The van der Waals surface area contributed by atoms with Gasteiger partial charge >= 0.3 is 0 Å². The highest BCUT2D eigenvalue weighted by molar-refractivity contribution is 7.91. The normalized spacial score (nSPS) is 17.5. The Morgan fingerprint density at radius 2 is 2.03 bits per heavy atom. The SMILES string of the molecule is CN(CC(=O)Nc1ccc(Cl)c(Cl)c1)C(=O)C1CCCN(S(=O)(=O)c2cccs2)C1. The van der Waals surface area contributed by atoms with Crippen molar-refractivity contribution in [2.45, 2.75) is 17.1 Å². The first-order chi connectivity index (χ1) is 14.2. The van der Waals surface area contributed by atoms with Gasteiger partial charge in [0, 0.05) is 25.8 Å². The number of benzene rings is 1. The minimum absolute atomic E-state index is 0.109. The van der Waals surface area contributed by atoms with Crippen molar-refractivity contribution >= 4 is 62.1 Å². The van der Waals surface area contributed by atoms with E-state index >= 15 is 0 Å². The molecule has 1 aliphatic heterocycles. The van der Waals surface area contributed by atoms with E-state index in [-0.39, 0.29) is 29.1 Å². The number of likely N-dealkylation sites (N-methyl/N-ethyl adjacent to an activating group) is 1. The Labute approximate surface area is 189 Å². The van der Waals surface area contributed by atoms with Crippen LogP contribution in [0.4, 0.5) is 5.69 Å². The van der Waals surface area contributed by atoms with E-state index in [1.165, 1.54) is 22.3 Å². The lowest BCUT2D eigenvalue weighted by atomic mass is 9.98. The van der Waals surface area contributed by atoms with E-state index in [9.17, 15) is 18.0 Å². The van der Waals surface area contributed by atoms with Crippen LogP contribution in [0.1, 0.15) is 12.8 Å². The zero-order chi connectivity index (χ0) is 21.9. The molecule has 2 heterocycles. The number of sulfonamides is 1. The molecule has 7 nitrogen and oxygen atoms in total. The molecular weight excluding hydrogens is 469 g/mol. The molecule has 0 radical (unpaired) electrons. The summed E-state index contributed by atoms with van der Waals surface area (Å²) in [6.07, 6.45) is 1.17. The summed E-state index contributed by atoms with van der Waals surface area (Å²) < 4.78 is 27.1. The maximum absolute atomic E-state index is 12.8. The Hall–Kier alpha value is -1.65. The maximum atomic E-state index is 12.8. The molecule has 0 spiro atoms. The molecule has 0 saturated carbocycles. The molecule has 162 valence electrons. The summed E-state index contributed by atoms with van der Waals surface area (Å²) in [6, 6.07) is 7.95. The molecule has 0 bridgehead atoms. The molecule has 1 N–H and O–H groups in total. The average Bonchev–Trinajstić information content (AvgIpc) is 3.26. The van der Waals surface area contributed by atoms with Crippen molar-refractivity contribution in [1.29, 1.82) is 0 Å². The van der Waals surface area contributed by atoms with Gasteiger partial charge in [0.25, 0.3) is 10.0 Å². The summed E-state index contributed by atoms with van der Waals surface area (Å²) in [5.41, 5.74) is 0.473. The summed E-state index contributed by atoms with van der Waals surface area (Å²) in [7, 11) is -2.07. The fourth-order valence-corrected chi connectivity index (χ4v) is 6.25. The van der Waals surface area contributed by atoms with Crippen LogP contribution in [0.5, 0.6) is 0 Å². The van der Waals surface area contributed by atoms with Crippen LogP contribution in [0.15, 0.2) is 39.9 Å². The molecule has 1 aromatic heterocycles. The van der Waals surface area contributed by atoms with Crippen molar-refractivity contribution in [3.05, 3.63) is 45.8 Å². The number of nitrogens with zero attached hydrogens (tertiary/aromatic N) is 2.